The SMILES string of the molecule is CCc1cc(C2(N)CCC2)ccc1F. The molecule has 0 amide bonds. The molecule has 2 rings (SSSR count). The van der Waals surface area contributed by atoms with Gasteiger partial charge < -0.3 is 5.73 Å². The second-order valence-electron chi connectivity index (χ2n) is 4.17. The number of halogens is 1. The Bertz CT molecular complexity index is 342. The van der Waals surface area contributed by atoms with Crippen molar-refractivity contribution in [3.8, 4) is 0 Å². The zero-order valence-electron chi connectivity index (χ0n) is 8.52. The summed E-state index contributed by atoms with van der Waals surface area (Å²) in [4.78, 5) is 0. The van der Waals surface area contributed by atoms with Gasteiger partial charge in [-0.05, 0) is 42.9 Å². The lowest BCUT2D eigenvalue weighted by Crippen LogP contribution is -2.43. The summed E-state index contributed by atoms with van der Waals surface area (Å²) >= 11 is 0. The first kappa shape index (κ1) is 9.66. The van der Waals surface area contributed by atoms with E-state index >= 15 is 0 Å². The zero-order chi connectivity index (χ0) is 10.2. The van der Waals surface area contributed by atoms with Gasteiger partial charge >= 0.3 is 0 Å². The predicted molar refractivity (Wildman–Crippen MR) is 55.5 cm³/mol. The molecule has 1 aromatic carbocycles. The van der Waals surface area contributed by atoms with Crippen molar-refractivity contribution in [3.05, 3.63) is 35.1 Å². The van der Waals surface area contributed by atoms with Crippen LogP contribution in [0.5, 0.6) is 0 Å². The highest BCUT2D eigenvalue weighted by molar-refractivity contribution is 5.32. The average Bonchev–Trinajstić information content (AvgIpc) is 2.15. The molecule has 1 fully saturated rings. The highest BCUT2D eigenvalue weighted by atomic mass is 19.1. The van der Waals surface area contributed by atoms with E-state index in [9.17, 15) is 4.39 Å². The first-order chi connectivity index (χ1) is 6.65. The van der Waals surface area contributed by atoms with Crippen LogP contribution in [0, 0.1) is 5.82 Å². The molecule has 0 radical (unpaired) electrons. The maximum absolute atomic E-state index is 13.2. The molecule has 1 saturated carbocycles. The molecule has 0 atom stereocenters. The highest BCUT2D eigenvalue weighted by Gasteiger charge is 2.34. The molecule has 1 aliphatic carbocycles. The molecule has 1 aromatic rings. The van der Waals surface area contributed by atoms with Gasteiger partial charge in [0.05, 0.1) is 0 Å². The molecule has 76 valence electrons. The Morgan fingerprint density at radius 1 is 1.43 bits per heavy atom. The summed E-state index contributed by atoms with van der Waals surface area (Å²) in [6.45, 7) is 1.96. The van der Waals surface area contributed by atoms with Gasteiger partial charge in [-0.25, -0.2) is 4.39 Å². The van der Waals surface area contributed by atoms with Crippen LogP contribution >= 0.6 is 0 Å². The maximum atomic E-state index is 13.2. The monoisotopic (exact) mass is 193 g/mol. The molecule has 2 heteroatoms. The van der Waals surface area contributed by atoms with Crippen molar-refractivity contribution in [3.63, 3.8) is 0 Å². The third kappa shape index (κ3) is 1.44. The second-order valence-corrected chi connectivity index (χ2v) is 4.17. The predicted octanol–water partition coefficient (Wildman–Crippen LogP) is 2.73. The van der Waals surface area contributed by atoms with Gasteiger partial charge in [-0.3, -0.25) is 0 Å². The summed E-state index contributed by atoms with van der Waals surface area (Å²) in [7, 11) is 0. The highest BCUT2D eigenvalue weighted by Crippen LogP contribution is 2.39. The fraction of sp³-hybridized carbons (Fsp3) is 0.500. The van der Waals surface area contributed by atoms with E-state index in [1.807, 2.05) is 19.1 Å². The number of hydrogen-bond acceptors (Lipinski definition) is 1. The molecule has 1 nitrogen and oxygen atoms in total. The van der Waals surface area contributed by atoms with Gasteiger partial charge in [-0.2, -0.15) is 0 Å². The van der Waals surface area contributed by atoms with Crippen molar-refractivity contribution in [2.45, 2.75) is 38.1 Å². The topological polar surface area (TPSA) is 26.0 Å². The minimum absolute atomic E-state index is 0.112. The first-order valence-corrected chi connectivity index (χ1v) is 5.23. The lowest BCUT2D eigenvalue weighted by molar-refractivity contribution is 0.253. The zero-order valence-corrected chi connectivity index (χ0v) is 8.52. The van der Waals surface area contributed by atoms with E-state index in [-0.39, 0.29) is 11.4 Å². The van der Waals surface area contributed by atoms with E-state index < -0.39 is 0 Å². The Labute approximate surface area is 84.1 Å². The van der Waals surface area contributed by atoms with Crippen molar-refractivity contribution in [1.82, 2.24) is 0 Å². The van der Waals surface area contributed by atoms with Gasteiger partial charge in [0.1, 0.15) is 5.82 Å². The molecule has 2 N–H and O–H groups in total. The normalized spacial score (nSPS) is 19.1. The van der Waals surface area contributed by atoms with Crippen molar-refractivity contribution in [1.29, 1.82) is 0 Å². The van der Waals surface area contributed by atoms with Gasteiger partial charge in [0.15, 0.2) is 0 Å². The summed E-state index contributed by atoms with van der Waals surface area (Å²) in [5, 5.41) is 0. The lowest BCUT2D eigenvalue weighted by Gasteiger charge is -2.38. The van der Waals surface area contributed by atoms with Gasteiger partial charge in [-0.1, -0.05) is 19.1 Å². The molecule has 0 aromatic heterocycles. The lowest BCUT2D eigenvalue weighted by atomic mass is 9.72. The Morgan fingerprint density at radius 2 is 2.14 bits per heavy atom. The van der Waals surface area contributed by atoms with Crippen LogP contribution in [0.15, 0.2) is 18.2 Å². The van der Waals surface area contributed by atoms with Crippen LogP contribution in [0.4, 0.5) is 4.39 Å². The molecule has 0 spiro atoms. The van der Waals surface area contributed by atoms with Crippen LogP contribution in [-0.4, -0.2) is 0 Å². The van der Waals surface area contributed by atoms with E-state index in [0.29, 0.717) is 0 Å². The van der Waals surface area contributed by atoms with Crippen LogP contribution in [0.1, 0.15) is 37.3 Å². The van der Waals surface area contributed by atoms with Crippen molar-refractivity contribution < 1.29 is 4.39 Å². The van der Waals surface area contributed by atoms with E-state index in [2.05, 4.69) is 0 Å². The number of aryl methyl sites for hydroxylation is 1. The van der Waals surface area contributed by atoms with Crippen molar-refractivity contribution in [2.75, 3.05) is 0 Å². The van der Waals surface area contributed by atoms with Gasteiger partial charge in [-0.15, -0.1) is 0 Å². The van der Waals surface area contributed by atoms with Crippen LogP contribution in [0.2, 0.25) is 0 Å². The molecule has 0 bridgehead atoms. The molecule has 0 heterocycles. The number of benzene rings is 1. The van der Waals surface area contributed by atoms with E-state index in [4.69, 9.17) is 5.73 Å². The summed E-state index contributed by atoms with van der Waals surface area (Å²) in [6.07, 6.45) is 3.98. The number of rotatable bonds is 2. The third-order valence-electron chi connectivity index (χ3n) is 3.25. The maximum Gasteiger partial charge on any atom is 0.126 e. The number of hydrogen-bond donors (Lipinski definition) is 1. The van der Waals surface area contributed by atoms with Crippen LogP contribution in [0.3, 0.4) is 0 Å². The van der Waals surface area contributed by atoms with Crippen molar-refractivity contribution >= 4 is 0 Å². The quantitative estimate of drug-likeness (QED) is 0.767. The Morgan fingerprint density at radius 3 is 2.64 bits per heavy atom. The minimum atomic E-state index is -0.169. The summed E-state index contributed by atoms with van der Waals surface area (Å²) in [5.74, 6) is -0.112. The number of nitrogens with two attached hydrogens (primary N) is 1. The molecular weight excluding hydrogens is 177 g/mol. The van der Waals surface area contributed by atoms with E-state index in [0.717, 1.165) is 30.4 Å². The first-order valence-electron chi connectivity index (χ1n) is 5.23. The minimum Gasteiger partial charge on any atom is -0.321 e. The van der Waals surface area contributed by atoms with E-state index in [1.54, 1.807) is 6.07 Å². The van der Waals surface area contributed by atoms with Crippen molar-refractivity contribution in [2.24, 2.45) is 5.73 Å². The summed E-state index contributed by atoms with van der Waals surface area (Å²) in [5.41, 5.74) is 7.88. The summed E-state index contributed by atoms with van der Waals surface area (Å²) < 4.78 is 13.2. The second kappa shape index (κ2) is 3.35. The Balaban J connectivity index is 2.35. The van der Waals surface area contributed by atoms with Gasteiger partial charge in [0.2, 0.25) is 0 Å². The fourth-order valence-electron chi connectivity index (χ4n) is 2.00. The van der Waals surface area contributed by atoms with Crippen LogP contribution in [-0.2, 0) is 12.0 Å². The third-order valence-corrected chi connectivity index (χ3v) is 3.25. The molecule has 0 aliphatic heterocycles. The van der Waals surface area contributed by atoms with Gasteiger partial charge in [0, 0.05) is 5.54 Å². The fourth-order valence-corrected chi connectivity index (χ4v) is 2.00. The van der Waals surface area contributed by atoms with E-state index in [1.165, 1.54) is 6.42 Å². The Kier molecular flexibility index (Phi) is 2.31. The standard InChI is InChI=1S/C12H16FN/c1-2-9-8-10(4-5-11(9)13)12(14)6-3-7-12/h4-5,8H,2-3,6-7,14H2,1H3. The largest absolute Gasteiger partial charge is 0.321 e. The van der Waals surface area contributed by atoms with Crippen LogP contribution in [0.25, 0.3) is 0 Å². The molecular formula is C12H16FN. The molecule has 1 aliphatic rings. The molecule has 0 saturated heterocycles. The molecule has 14 heavy (non-hydrogen) atoms. The molecule has 0 unspecified atom stereocenters. The summed E-state index contributed by atoms with van der Waals surface area (Å²) in [6, 6.07) is 5.29. The van der Waals surface area contributed by atoms with Gasteiger partial charge in [0.25, 0.3) is 0 Å². The smallest absolute Gasteiger partial charge is 0.126 e. The average molecular weight is 193 g/mol. The Hall–Kier alpha value is -0.890. The van der Waals surface area contributed by atoms with Crippen LogP contribution < -0.4 is 5.73 Å².